The lowest BCUT2D eigenvalue weighted by Gasteiger charge is -2.16. The first-order valence-corrected chi connectivity index (χ1v) is 4.37. The highest BCUT2D eigenvalue weighted by Crippen LogP contribution is 1.93. The third-order valence-electron chi connectivity index (χ3n) is 1.76. The zero-order valence-electron chi connectivity index (χ0n) is 8.72. The Morgan fingerprint density at radius 2 is 1.73 bits per heavy atom. The minimum absolute atomic E-state index is 0.736. The van der Waals surface area contributed by atoms with Crippen LogP contribution in [0.2, 0.25) is 0 Å². The van der Waals surface area contributed by atoms with Crippen molar-refractivity contribution in [2.24, 2.45) is 0 Å². The van der Waals surface area contributed by atoms with Crippen molar-refractivity contribution in [3.8, 4) is 0 Å². The van der Waals surface area contributed by atoms with Crippen LogP contribution in [0.4, 0.5) is 0 Å². The Balaban J connectivity index is 0. The Labute approximate surface area is 72.1 Å². The van der Waals surface area contributed by atoms with E-state index in [0.29, 0.717) is 0 Å². The third kappa shape index (κ3) is 12.8. The van der Waals surface area contributed by atoms with Gasteiger partial charge in [0.25, 0.3) is 0 Å². The molecule has 0 aromatic rings. The summed E-state index contributed by atoms with van der Waals surface area (Å²) in [6.45, 7) is 9.96. The second kappa shape index (κ2) is 9.70. The number of rotatable bonds is 3. The fourth-order valence-electron chi connectivity index (χ4n) is 0.365. The Kier molecular flexibility index (Phi) is 11.7. The molecule has 1 atom stereocenters. The van der Waals surface area contributed by atoms with Gasteiger partial charge in [0.05, 0.1) is 0 Å². The maximum atomic E-state index is 3.48. The summed E-state index contributed by atoms with van der Waals surface area (Å²) in [5.41, 5.74) is 0. The SMILES string of the molecule is C=CCC.CCC(C)N(C)C. The first-order chi connectivity index (χ1) is 5.09. The van der Waals surface area contributed by atoms with E-state index >= 15 is 0 Å². The summed E-state index contributed by atoms with van der Waals surface area (Å²) in [5.74, 6) is 0. The van der Waals surface area contributed by atoms with Crippen molar-refractivity contribution in [3.05, 3.63) is 12.7 Å². The van der Waals surface area contributed by atoms with Crippen LogP contribution in [0.5, 0.6) is 0 Å². The second-order valence-corrected chi connectivity index (χ2v) is 2.92. The lowest BCUT2D eigenvalue weighted by atomic mass is 10.2. The van der Waals surface area contributed by atoms with Gasteiger partial charge in [-0.1, -0.05) is 19.9 Å². The summed E-state index contributed by atoms with van der Waals surface area (Å²) in [5, 5.41) is 0. The van der Waals surface area contributed by atoms with E-state index < -0.39 is 0 Å². The number of nitrogens with zero attached hydrogens (tertiary/aromatic N) is 1. The minimum atomic E-state index is 0.736. The first-order valence-electron chi connectivity index (χ1n) is 4.37. The minimum Gasteiger partial charge on any atom is -0.307 e. The topological polar surface area (TPSA) is 3.24 Å². The molecule has 0 aliphatic carbocycles. The molecule has 0 aliphatic heterocycles. The molecule has 0 aliphatic rings. The van der Waals surface area contributed by atoms with Gasteiger partial charge in [-0.15, -0.1) is 6.58 Å². The summed E-state index contributed by atoms with van der Waals surface area (Å²) in [7, 11) is 4.21. The molecule has 0 aromatic heterocycles. The molecule has 1 heteroatoms. The Hall–Kier alpha value is -0.300. The average Bonchev–Trinajstić information content (AvgIpc) is 2.03. The summed E-state index contributed by atoms with van der Waals surface area (Å²) in [6.07, 6.45) is 4.20. The Bertz CT molecular complexity index is 76.9. The van der Waals surface area contributed by atoms with E-state index in [-0.39, 0.29) is 0 Å². The van der Waals surface area contributed by atoms with Crippen LogP contribution >= 0.6 is 0 Å². The van der Waals surface area contributed by atoms with Crippen LogP contribution in [-0.2, 0) is 0 Å². The predicted octanol–water partition coefficient (Wildman–Crippen LogP) is 2.93. The van der Waals surface area contributed by atoms with Crippen molar-refractivity contribution in [3.63, 3.8) is 0 Å². The molecule has 0 saturated heterocycles. The van der Waals surface area contributed by atoms with E-state index in [1.54, 1.807) is 0 Å². The zero-order valence-corrected chi connectivity index (χ0v) is 8.72. The molecule has 11 heavy (non-hydrogen) atoms. The van der Waals surface area contributed by atoms with Crippen LogP contribution in [-0.4, -0.2) is 25.0 Å². The van der Waals surface area contributed by atoms with Crippen LogP contribution < -0.4 is 0 Å². The van der Waals surface area contributed by atoms with Crippen molar-refractivity contribution in [2.75, 3.05) is 14.1 Å². The van der Waals surface area contributed by atoms with Gasteiger partial charge in [0, 0.05) is 6.04 Å². The second-order valence-electron chi connectivity index (χ2n) is 2.92. The van der Waals surface area contributed by atoms with Crippen molar-refractivity contribution < 1.29 is 0 Å². The van der Waals surface area contributed by atoms with Gasteiger partial charge in [-0.05, 0) is 33.9 Å². The van der Waals surface area contributed by atoms with Gasteiger partial charge < -0.3 is 4.90 Å². The smallest absolute Gasteiger partial charge is 0.00582 e. The highest BCUT2D eigenvalue weighted by atomic mass is 15.1. The number of hydrogen-bond acceptors (Lipinski definition) is 1. The largest absolute Gasteiger partial charge is 0.307 e. The normalized spacial score (nSPS) is 11.8. The molecule has 0 N–H and O–H groups in total. The quantitative estimate of drug-likeness (QED) is 0.569. The van der Waals surface area contributed by atoms with Crippen LogP contribution in [0, 0.1) is 0 Å². The van der Waals surface area contributed by atoms with E-state index in [4.69, 9.17) is 0 Å². The first kappa shape index (κ1) is 13.3. The van der Waals surface area contributed by atoms with Gasteiger partial charge in [-0.25, -0.2) is 0 Å². The molecule has 0 spiro atoms. The molecule has 0 bridgehead atoms. The lowest BCUT2D eigenvalue weighted by molar-refractivity contribution is 0.307. The van der Waals surface area contributed by atoms with Crippen LogP contribution in [0.15, 0.2) is 12.7 Å². The third-order valence-corrected chi connectivity index (χ3v) is 1.76. The monoisotopic (exact) mass is 157 g/mol. The molecule has 68 valence electrons. The predicted molar refractivity (Wildman–Crippen MR) is 53.9 cm³/mol. The average molecular weight is 157 g/mol. The van der Waals surface area contributed by atoms with Gasteiger partial charge in [-0.3, -0.25) is 0 Å². The van der Waals surface area contributed by atoms with E-state index in [1.165, 1.54) is 6.42 Å². The Morgan fingerprint density at radius 1 is 1.36 bits per heavy atom. The molecule has 0 amide bonds. The number of hydrogen-bond donors (Lipinski definition) is 0. The standard InChI is InChI=1S/C6H15N.C4H8/c1-5-6(2)7(3)4;1-3-4-2/h6H,5H2,1-4H3;3H,1,4H2,2H3. The van der Waals surface area contributed by atoms with Crippen LogP contribution in [0.1, 0.15) is 33.6 Å². The molecule has 0 rings (SSSR count). The van der Waals surface area contributed by atoms with E-state index in [9.17, 15) is 0 Å². The molecule has 0 aromatic carbocycles. The van der Waals surface area contributed by atoms with Gasteiger partial charge in [0.1, 0.15) is 0 Å². The molecule has 0 saturated carbocycles. The Morgan fingerprint density at radius 3 is 1.73 bits per heavy atom. The lowest BCUT2D eigenvalue weighted by Crippen LogP contribution is -2.23. The summed E-state index contributed by atoms with van der Waals surface area (Å²) in [4.78, 5) is 2.22. The van der Waals surface area contributed by atoms with Crippen LogP contribution in [0.25, 0.3) is 0 Å². The number of allylic oxidation sites excluding steroid dienone is 1. The van der Waals surface area contributed by atoms with Gasteiger partial charge in [0.15, 0.2) is 0 Å². The van der Waals surface area contributed by atoms with Crippen molar-refractivity contribution in [1.82, 2.24) is 4.90 Å². The highest BCUT2D eigenvalue weighted by Gasteiger charge is 1.96. The highest BCUT2D eigenvalue weighted by molar-refractivity contribution is 4.60. The molecular weight excluding hydrogens is 134 g/mol. The summed E-state index contributed by atoms with van der Waals surface area (Å²) >= 11 is 0. The molecule has 0 fully saturated rings. The van der Waals surface area contributed by atoms with E-state index in [0.717, 1.165) is 12.5 Å². The van der Waals surface area contributed by atoms with E-state index in [1.807, 2.05) is 6.08 Å². The van der Waals surface area contributed by atoms with Crippen LogP contribution in [0.3, 0.4) is 0 Å². The van der Waals surface area contributed by atoms with Crippen molar-refractivity contribution in [2.45, 2.75) is 39.7 Å². The van der Waals surface area contributed by atoms with Crippen molar-refractivity contribution in [1.29, 1.82) is 0 Å². The maximum absolute atomic E-state index is 3.48. The van der Waals surface area contributed by atoms with Gasteiger partial charge in [0.2, 0.25) is 0 Å². The fourth-order valence-corrected chi connectivity index (χ4v) is 0.365. The van der Waals surface area contributed by atoms with Crippen molar-refractivity contribution >= 4 is 0 Å². The summed E-state index contributed by atoms with van der Waals surface area (Å²) < 4.78 is 0. The van der Waals surface area contributed by atoms with Gasteiger partial charge >= 0.3 is 0 Å². The molecule has 1 unspecified atom stereocenters. The van der Waals surface area contributed by atoms with Gasteiger partial charge in [-0.2, -0.15) is 0 Å². The van der Waals surface area contributed by atoms with E-state index in [2.05, 4.69) is 46.3 Å². The molecule has 0 radical (unpaired) electrons. The molecule has 0 heterocycles. The maximum Gasteiger partial charge on any atom is 0.00582 e. The fraction of sp³-hybridized carbons (Fsp3) is 0.800. The molecular formula is C10H23N. The summed E-state index contributed by atoms with van der Waals surface area (Å²) in [6, 6.07) is 0.736. The molecule has 1 nitrogen and oxygen atoms in total. The zero-order chi connectivity index (χ0) is 9.28.